The summed E-state index contributed by atoms with van der Waals surface area (Å²) in [7, 11) is 0. The smallest absolute Gasteiger partial charge is 0.322 e. The number of carbonyl (C=O) groups is 2. The molecule has 3 rings (SSSR count). The summed E-state index contributed by atoms with van der Waals surface area (Å²) in [4.78, 5) is 34.3. The number of carbonyl (C=O) groups excluding carboxylic acids is 2. The molecule has 1 aromatic carbocycles. The lowest BCUT2D eigenvalue weighted by Gasteiger charge is -2.23. The molecule has 7 nitrogen and oxygen atoms in total. The Morgan fingerprint density at radius 2 is 1.75 bits per heavy atom. The average Bonchev–Trinajstić information content (AvgIpc) is 2.70. The van der Waals surface area contributed by atoms with Gasteiger partial charge in [0.25, 0.3) is 0 Å². The molecule has 0 bridgehead atoms. The molecule has 142 valence electrons. The van der Waals surface area contributed by atoms with Gasteiger partial charge in [-0.15, -0.1) is 0 Å². The van der Waals surface area contributed by atoms with Crippen molar-refractivity contribution >= 4 is 17.6 Å². The molecular formula is C21H21N5O2. The Morgan fingerprint density at radius 1 is 1.00 bits per heavy atom. The maximum Gasteiger partial charge on any atom is 0.322 e. The molecule has 0 saturated carbocycles. The van der Waals surface area contributed by atoms with Crippen LogP contribution in [0.3, 0.4) is 0 Å². The van der Waals surface area contributed by atoms with Crippen molar-refractivity contribution in [1.29, 1.82) is 0 Å². The van der Waals surface area contributed by atoms with Crippen molar-refractivity contribution in [1.82, 2.24) is 14.9 Å². The van der Waals surface area contributed by atoms with Crippen LogP contribution in [0, 0.1) is 6.92 Å². The first-order valence-corrected chi connectivity index (χ1v) is 8.77. The van der Waals surface area contributed by atoms with Crippen LogP contribution in [0.25, 0.3) is 0 Å². The van der Waals surface area contributed by atoms with Crippen molar-refractivity contribution in [3.05, 3.63) is 89.5 Å². The normalized spacial score (nSPS) is 10.3. The van der Waals surface area contributed by atoms with E-state index < -0.39 is 5.91 Å². The second-order valence-corrected chi connectivity index (χ2v) is 6.40. The van der Waals surface area contributed by atoms with Crippen molar-refractivity contribution in [2.45, 2.75) is 20.0 Å². The fourth-order valence-electron chi connectivity index (χ4n) is 2.79. The molecule has 7 heteroatoms. The number of benzene rings is 1. The monoisotopic (exact) mass is 375 g/mol. The van der Waals surface area contributed by atoms with E-state index >= 15 is 0 Å². The number of nitrogens with zero attached hydrogens (tertiary/aromatic N) is 3. The third kappa shape index (κ3) is 4.91. The molecule has 2 aromatic heterocycles. The Balaban J connectivity index is 1.81. The number of nitrogens with one attached hydrogen (secondary N) is 1. The first kappa shape index (κ1) is 19.0. The van der Waals surface area contributed by atoms with E-state index in [4.69, 9.17) is 5.73 Å². The molecule has 0 aliphatic heterocycles. The van der Waals surface area contributed by atoms with Gasteiger partial charge in [-0.1, -0.05) is 12.1 Å². The van der Waals surface area contributed by atoms with Gasteiger partial charge in [-0.2, -0.15) is 0 Å². The number of amides is 3. The van der Waals surface area contributed by atoms with E-state index in [0.29, 0.717) is 24.3 Å². The molecule has 3 amide bonds. The van der Waals surface area contributed by atoms with E-state index in [1.165, 1.54) is 0 Å². The SMILES string of the molecule is Cc1ccc(NC(=O)N(Cc2ccncc2)Cc2cccnc2)cc1C(N)=O. The number of rotatable bonds is 6. The number of primary amides is 1. The molecule has 3 aromatic rings. The Hall–Kier alpha value is -3.74. The molecule has 0 saturated heterocycles. The summed E-state index contributed by atoms with van der Waals surface area (Å²) in [6, 6.07) is 12.3. The topological polar surface area (TPSA) is 101 Å². The van der Waals surface area contributed by atoms with Crippen LogP contribution in [0.4, 0.5) is 10.5 Å². The van der Waals surface area contributed by atoms with Gasteiger partial charge < -0.3 is 16.0 Å². The van der Waals surface area contributed by atoms with Crippen LogP contribution in [-0.4, -0.2) is 26.8 Å². The standard InChI is InChI=1S/C21H21N5O2/c1-15-4-5-18(11-19(15)20(22)27)25-21(28)26(13-16-6-9-23-10-7-16)14-17-3-2-8-24-12-17/h2-12H,13-14H2,1H3,(H2,22,27)(H,25,28). The third-order valence-corrected chi connectivity index (χ3v) is 4.26. The van der Waals surface area contributed by atoms with Crippen molar-refractivity contribution in [2.24, 2.45) is 5.73 Å². The van der Waals surface area contributed by atoms with Crippen LogP contribution in [0.1, 0.15) is 27.0 Å². The highest BCUT2D eigenvalue weighted by molar-refractivity contribution is 5.97. The number of pyridine rings is 2. The maximum atomic E-state index is 13.0. The molecule has 0 fully saturated rings. The van der Waals surface area contributed by atoms with Gasteiger partial charge in [0.05, 0.1) is 0 Å². The Labute approximate surface area is 163 Å². The van der Waals surface area contributed by atoms with Crippen LogP contribution >= 0.6 is 0 Å². The van der Waals surface area contributed by atoms with Crippen molar-refractivity contribution in [3.63, 3.8) is 0 Å². The minimum atomic E-state index is -0.530. The number of anilines is 1. The van der Waals surface area contributed by atoms with Crippen molar-refractivity contribution in [3.8, 4) is 0 Å². The second-order valence-electron chi connectivity index (χ2n) is 6.40. The lowest BCUT2D eigenvalue weighted by Crippen LogP contribution is -2.34. The zero-order valence-corrected chi connectivity index (χ0v) is 15.5. The van der Waals surface area contributed by atoms with Gasteiger partial charge in [-0.3, -0.25) is 14.8 Å². The third-order valence-electron chi connectivity index (χ3n) is 4.26. The van der Waals surface area contributed by atoms with E-state index in [1.54, 1.807) is 54.8 Å². The first-order chi connectivity index (χ1) is 13.5. The summed E-state index contributed by atoms with van der Waals surface area (Å²) >= 11 is 0. The molecule has 0 aliphatic rings. The zero-order chi connectivity index (χ0) is 19.9. The quantitative estimate of drug-likeness (QED) is 0.691. The maximum absolute atomic E-state index is 13.0. The van der Waals surface area contributed by atoms with E-state index in [-0.39, 0.29) is 6.03 Å². The van der Waals surface area contributed by atoms with Gasteiger partial charge in [0.2, 0.25) is 5.91 Å². The predicted octanol–water partition coefficient (Wildman–Crippen LogP) is 3.12. The van der Waals surface area contributed by atoms with Crippen LogP contribution in [-0.2, 0) is 13.1 Å². The highest BCUT2D eigenvalue weighted by Crippen LogP contribution is 2.17. The number of aryl methyl sites for hydroxylation is 1. The van der Waals surface area contributed by atoms with E-state index in [2.05, 4.69) is 15.3 Å². The van der Waals surface area contributed by atoms with Gasteiger partial charge in [0, 0.05) is 49.1 Å². The number of nitrogens with two attached hydrogens (primary N) is 1. The first-order valence-electron chi connectivity index (χ1n) is 8.77. The molecule has 0 spiro atoms. The van der Waals surface area contributed by atoms with Gasteiger partial charge in [0.15, 0.2) is 0 Å². The summed E-state index contributed by atoms with van der Waals surface area (Å²) in [6.45, 7) is 2.58. The lowest BCUT2D eigenvalue weighted by molar-refractivity contribution is 0.0999. The molecule has 0 atom stereocenters. The van der Waals surface area contributed by atoms with Crippen molar-refractivity contribution in [2.75, 3.05) is 5.32 Å². The number of aromatic nitrogens is 2. The minimum Gasteiger partial charge on any atom is -0.366 e. The van der Waals surface area contributed by atoms with Gasteiger partial charge >= 0.3 is 6.03 Å². The van der Waals surface area contributed by atoms with Gasteiger partial charge in [-0.05, 0) is 53.9 Å². The number of hydrogen-bond donors (Lipinski definition) is 2. The van der Waals surface area contributed by atoms with Gasteiger partial charge in [-0.25, -0.2) is 4.79 Å². The average molecular weight is 375 g/mol. The number of hydrogen-bond acceptors (Lipinski definition) is 4. The van der Waals surface area contributed by atoms with Crippen LogP contribution in [0.5, 0.6) is 0 Å². The van der Waals surface area contributed by atoms with Crippen LogP contribution in [0.15, 0.2) is 67.3 Å². The fraction of sp³-hybridized carbons (Fsp3) is 0.143. The zero-order valence-electron chi connectivity index (χ0n) is 15.5. The summed E-state index contributed by atoms with van der Waals surface area (Å²) in [6.07, 6.45) is 6.79. The molecular weight excluding hydrogens is 354 g/mol. The van der Waals surface area contributed by atoms with Crippen molar-refractivity contribution < 1.29 is 9.59 Å². The summed E-state index contributed by atoms with van der Waals surface area (Å²) in [5.41, 5.74) is 8.92. The molecule has 0 radical (unpaired) electrons. The molecule has 0 unspecified atom stereocenters. The summed E-state index contributed by atoms with van der Waals surface area (Å²) in [5.74, 6) is -0.530. The summed E-state index contributed by atoms with van der Waals surface area (Å²) in [5, 5.41) is 2.85. The second kappa shape index (κ2) is 8.77. The molecule has 2 heterocycles. The number of urea groups is 1. The lowest BCUT2D eigenvalue weighted by atomic mass is 10.1. The van der Waals surface area contributed by atoms with E-state index in [0.717, 1.165) is 16.7 Å². The van der Waals surface area contributed by atoms with E-state index in [1.807, 2.05) is 24.3 Å². The van der Waals surface area contributed by atoms with E-state index in [9.17, 15) is 9.59 Å². The molecule has 0 aliphatic carbocycles. The predicted molar refractivity (Wildman–Crippen MR) is 106 cm³/mol. The Kier molecular flexibility index (Phi) is 5.96. The Bertz CT molecular complexity index is 920. The largest absolute Gasteiger partial charge is 0.366 e. The molecule has 28 heavy (non-hydrogen) atoms. The van der Waals surface area contributed by atoms with Crippen LogP contribution in [0.2, 0.25) is 0 Å². The highest BCUT2D eigenvalue weighted by Gasteiger charge is 2.16. The minimum absolute atomic E-state index is 0.292. The molecule has 3 N–H and O–H groups in total. The fourth-order valence-corrected chi connectivity index (χ4v) is 2.79. The Morgan fingerprint density at radius 3 is 2.43 bits per heavy atom. The van der Waals surface area contributed by atoms with Gasteiger partial charge in [0.1, 0.15) is 0 Å². The summed E-state index contributed by atoms with van der Waals surface area (Å²) < 4.78 is 0. The highest BCUT2D eigenvalue weighted by atomic mass is 16.2. The van der Waals surface area contributed by atoms with Crippen LogP contribution < -0.4 is 11.1 Å².